The fourth-order valence-corrected chi connectivity index (χ4v) is 4.17. The van der Waals surface area contributed by atoms with Gasteiger partial charge in [0.15, 0.2) is 5.65 Å². The van der Waals surface area contributed by atoms with Gasteiger partial charge in [0.25, 0.3) is 5.91 Å². The third kappa shape index (κ3) is 5.01. The van der Waals surface area contributed by atoms with E-state index >= 15 is 0 Å². The number of nitrogens with one attached hydrogen (secondary N) is 1. The third-order valence-electron chi connectivity index (χ3n) is 5.76. The van der Waals surface area contributed by atoms with E-state index < -0.39 is 0 Å². The fourth-order valence-electron chi connectivity index (χ4n) is 4.17. The molecule has 35 heavy (non-hydrogen) atoms. The summed E-state index contributed by atoms with van der Waals surface area (Å²) in [5.41, 5.74) is 3.97. The van der Waals surface area contributed by atoms with Crippen molar-refractivity contribution >= 4 is 28.5 Å². The molecule has 0 radical (unpaired) electrons. The number of carbonyl (C=O) groups is 2. The van der Waals surface area contributed by atoms with Gasteiger partial charge in [-0.1, -0.05) is 49.4 Å². The number of aromatic nitrogens is 3. The fraction of sp³-hybridized carbons (Fsp3) is 0.259. The number of hydrogen-bond acceptors (Lipinski definition) is 5. The molecule has 0 aliphatic heterocycles. The molecule has 0 spiro atoms. The van der Waals surface area contributed by atoms with Gasteiger partial charge < -0.3 is 15.0 Å². The highest BCUT2D eigenvalue weighted by Crippen LogP contribution is 2.28. The van der Waals surface area contributed by atoms with Gasteiger partial charge in [0.05, 0.1) is 35.1 Å². The Morgan fingerprint density at radius 1 is 1.09 bits per heavy atom. The number of aryl methyl sites for hydroxylation is 2. The zero-order valence-corrected chi connectivity index (χ0v) is 20.4. The van der Waals surface area contributed by atoms with Gasteiger partial charge in [-0.15, -0.1) is 0 Å². The highest BCUT2D eigenvalue weighted by molar-refractivity contribution is 6.09. The molecule has 0 aliphatic carbocycles. The van der Waals surface area contributed by atoms with Crippen LogP contribution in [0.4, 0.5) is 5.69 Å². The maximum Gasteiger partial charge on any atom is 0.255 e. The van der Waals surface area contributed by atoms with Crippen LogP contribution in [0, 0.1) is 6.92 Å². The van der Waals surface area contributed by atoms with Gasteiger partial charge in [0.2, 0.25) is 5.91 Å². The molecule has 4 rings (SSSR count). The van der Waals surface area contributed by atoms with E-state index in [2.05, 4.69) is 10.4 Å². The molecule has 0 saturated carbocycles. The molecular weight excluding hydrogens is 442 g/mol. The van der Waals surface area contributed by atoms with Gasteiger partial charge in [-0.3, -0.25) is 14.3 Å². The van der Waals surface area contributed by atoms with Gasteiger partial charge in [0.1, 0.15) is 12.3 Å². The van der Waals surface area contributed by atoms with Gasteiger partial charge in [0, 0.05) is 19.2 Å². The molecule has 2 aromatic carbocycles. The minimum Gasteiger partial charge on any atom is -0.495 e. The van der Waals surface area contributed by atoms with Gasteiger partial charge >= 0.3 is 0 Å². The lowest BCUT2D eigenvalue weighted by Gasteiger charge is -2.23. The SMILES string of the molecule is CCCN(CC(=O)Nc1ccccc1OC)C(=O)c1cc(-c2ccccc2)nc2c1c(C)nn2C. The molecule has 2 aromatic heterocycles. The number of para-hydroxylation sites is 2. The first-order valence-electron chi connectivity index (χ1n) is 11.5. The number of fused-ring (bicyclic) bond motifs is 1. The topological polar surface area (TPSA) is 89.3 Å². The second kappa shape index (κ2) is 10.4. The molecule has 0 bridgehead atoms. The van der Waals surface area contributed by atoms with Crippen molar-refractivity contribution in [2.45, 2.75) is 20.3 Å². The van der Waals surface area contributed by atoms with Gasteiger partial charge in [-0.2, -0.15) is 5.10 Å². The van der Waals surface area contributed by atoms with E-state index in [-0.39, 0.29) is 18.4 Å². The summed E-state index contributed by atoms with van der Waals surface area (Å²) < 4.78 is 7.01. The Labute approximate surface area is 204 Å². The first kappa shape index (κ1) is 23.9. The van der Waals surface area contributed by atoms with Crippen LogP contribution in [0.2, 0.25) is 0 Å². The van der Waals surface area contributed by atoms with Crippen molar-refractivity contribution in [1.82, 2.24) is 19.7 Å². The van der Waals surface area contributed by atoms with Crippen LogP contribution in [-0.2, 0) is 11.8 Å². The van der Waals surface area contributed by atoms with E-state index in [4.69, 9.17) is 9.72 Å². The average Bonchev–Trinajstić information content (AvgIpc) is 3.16. The molecule has 0 saturated heterocycles. The summed E-state index contributed by atoms with van der Waals surface area (Å²) in [6.45, 7) is 4.18. The lowest BCUT2D eigenvalue weighted by Crippen LogP contribution is -2.38. The quantitative estimate of drug-likeness (QED) is 0.410. The predicted molar refractivity (Wildman–Crippen MR) is 137 cm³/mol. The molecule has 0 aliphatic rings. The minimum atomic E-state index is -0.298. The van der Waals surface area contributed by atoms with E-state index in [1.807, 2.05) is 63.4 Å². The number of anilines is 1. The summed E-state index contributed by atoms with van der Waals surface area (Å²) in [6, 6.07) is 18.7. The molecule has 2 amide bonds. The Morgan fingerprint density at radius 2 is 1.80 bits per heavy atom. The van der Waals surface area contributed by atoms with E-state index in [0.717, 1.165) is 5.56 Å². The van der Waals surface area contributed by atoms with Crippen LogP contribution in [0.1, 0.15) is 29.4 Å². The molecule has 4 aromatic rings. The normalized spacial score (nSPS) is 10.9. The number of methoxy groups -OCH3 is 1. The number of rotatable bonds is 8. The van der Waals surface area contributed by atoms with Crippen molar-refractivity contribution in [2.24, 2.45) is 7.05 Å². The lowest BCUT2D eigenvalue weighted by molar-refractivity contribution is -0.116. The number of nitrogens with zero attached hydrogens (tertiary/aromatic N) is 4. The van der Waals surface area contributed by atoms with Crippen molar-refractivity contribution in [3.63, 3.8) is 0 Å². The van der Waals surface area contributed by atoms with Crippen molar-refractivity contribution in [3.05, 3.63) is 71.9 Å². The van der Waals surface area contributed by atoms with E-state index in [9.17, 15) is 9.59 Å². The summed E-state index contributed by atoms with van der Waals surface area (Å²) in [6.07, 6.45) is 0.708. The predicted octanol–water partition coefficient (Wildman–Crippen LogP) is 4.44. The second-order valence-electron chi connectivity index (χ2n) is 8.30. The number of carbonyl (C=O) groups excluding carboxylic acids is 2. The molecule has 180 valence electrons. The van der Waals surface area contributed by atoms with E-state index in [1.165, 1.54) is 0 Å². The van der Waals surface area contributed by atoms with Crippen LogP contribution in [0.25, 0.3) is 22.3 Å². The Morgan fingerprint density at radius 3 is 2.51 bits per heavy atom. The molecule has 2 heterocycles. The smallest absolute Gasteiger partial charge is 0.255 e. The summed E-state index contributed by atoms with van der Waals surface area (Å²) in [5, 5.41) is 8.06. The maximum atomic E-state index is 13.9. The number of amides is 2. The molecular formula is C27H29N5O3. The summed E-state index contributed by atoms with van der Waals surface area (Å²) >= 11 is 0. The summed E-state index contributed by atoms with van der Waals surface area (Å²) in [7, 11) is 3.36. The van der Waals surface area contributed by atoms with Crippen LogP contribution < -0.4 is 10.1 Å². The van der Waals surface area contributed by atoms with Gasteiger partial charge in [-0.05, 0) is 31.5 Å². The largest absolute Gasteiger partial charge is 0.495 e. The number of pyridine rings is 1. The van der Waals surface area contributed by atoms with E-state index in [0.29, 0.717) is 52.4 Å². The molecule has 0 atom stereocenters. The highest BCUT2D eigenvalue weighted by atomic mass is 16.5. The first-order chi connectivity index (χ1) is 16.9. The highest BCUT2D eigenvalue weighted by Gasteiger charge is 2.25. The van der Waals surface area contributed by atoms with Crippen molar-refractivity contribution in [3.8, 4) is 17.0 Å². The molecule has 8 nitrogen and oxygen atoms in total. The Kier molecular flexibility index (Phi) is 7.10. The van der Waals surface area contributed by atoms with Crippen LogP contribution in [0.15, 0.2) is 60.7 Å². The monoisotopic (exact) mass is 471 g/mol. The van der Waals surface area contributed by atoms with Crippen LogP contribution in [-0.4, -0.2) is 51.7 Å². The van der Waals surface area contributed by atoms with Gasteiger partial charge in [-0.25, -0.2) is 4.98 Å². The summed E-state index contributed by atoms with van der Waals surface area (Å²) in [4.78, 5) is 33.2. The van der Waals surface area contributed by atoms with Crippen LogP contribution in [0.5, 0.6) is 5.75 Å². The summed E-state index contributed by atoms with van der Waals surface area (Å²) in [5.74, 6) is 0.0269. The molecule has 1 N–H and O–H groups in total. The average molecular weight is 472 g/mol. The number of benzene rings is 2. The zero-order valence-electron chi connectivity index (χ0n) is 20.4. The Hall–Kier alpha value is -4.20. The van der Waals surface area contributed by atoms with Crippen molar-refractivity contribution < 1.29 is 14.3 Å². The maximum absolute atomic E-state index is 13.9. The first-order valence-corrected chi connectivity index (χ1v) is 11.5. The Bertz CT molecular complexity index is 1360. The molecule has 0 unspecified atom stereocenters. The third-order valence-corrected chi connectivity index (χ3v) is 5.76. The second-order valence-corrected chi connectivity index (χ2v) is 8.30. The number of hydrogen-bond donors (Lipinski definition) is 1. The molecule has 0 fully saturated rings. The number of ether oxygens (including phenoxy) is 1. The van der Waals surface area contributed by atoms with Crippen molar-refractivity contribution in [2.75, 3.05) is 25.5 Å². The van der Waals surface area contributed by atoms with Crippen LogP contribution in [0.3, 0.4) is 0 Å². The van der Waals surface area contributed by atoms with E-state index in [1.54, 1.807) is 34.9 Å². The van der Waals surface area contributed by atoms with Crippen molar-refractivity contribution in [1.29, 1.82) is 0 Å². The zero-order chi connectivity index (χ0) is 24.9. The molecule has 8 heteroatoms. The lowest BCUT2D eigenvalue weighted by atomic mass is 10.0. The Balaban J connectivity index is 1.70. The minimum absolute atomic E-state index is 0.0888. The van der Waals surface area contributed by atoms with Crippen LogP contribution >= 0.6 is 0 Å². The standard InChI is InChI=1S/C27H29N5O3/c1-5-15-32(17-24(33)28-21-13-9-10-14-23(21)35-4)27(34)20-16-22(19-11-7-6-8-12-19)29-26-25(20)18(2)30-31(26)3/h6-14,16H,5,15,17H2,1-4H3,(H,28,33).